The van der Waals surface area contributed by atoms with Gasteiger partial charge in [0, 0.05) is 17.9 Å². The topological polar surface area (TPSA) is 28.2 Å². The van der Waals surface area contributed by atoms with Crippen molar-refractivity contribution in [3.63, 3.8) is 0 Å². The Bertz CT molecular complexity index is 474. The highest BCUT2D eigenvalue weighted by molar-refractivity contribution is 5.52. The second-order valence-corrected chi connectivity index (χ2v) is 3.06. The minimum Gasteiger partial charge on any atom is -0.322 e. The molecule has 2 heterocycles. The van der Waals surface area contributed by atoms with Crippen LogP contribution in [0.5, 0.6) is 0 Å². The summed E-state index contributed by atoms with van der Waals surface area (Å²) in [5, 5.41) is 8.70. The highest BCUT2D eigenvalue weighted by Gasteiger charge is 1.97. The van der Waals surface area contributed by atoms with E-state index in [2.05, 4.69) is 25.3 Å². The van der Waals surface area contributed by atoms with E-state index in [4.69, 9.17) is 5.26 Å². The second kappa shape index (κ2) is 2.95. The first-order chi connectivity index (χ1) is 6.33. The molecule has 0 amide bonds. The number of nitrogens with zero attached hydrogens (tertiary/aromatic N) is 2. The minimum absolute atomic E-state index is 0.700. The Balaban J connectivity index is 2.65. The van der Waals surface area contributed by atoms with E-state index in [1.54, 1.807) is 0 Å². The maximum absolute atomic E-state index is 8.70. The van der Waals surface area contributed by atoms with E-state index in [1.807, 2.05) is 22.7 Å². The zero-order valence-electron chi connectivity index (χ0n) is 7.49. The van der Waals surface area contributed by atoms with Gasteiger partial charge in [0.1, 0.15) is 6.07 Å². The lowest BCUT2D eigenvalue weighted by Gasteiger charge is -1.92. The largest absolute Gasteiger partial charge is 0.322 e. The average molecular weight is 170 g/mol. The lowest BCUT2D eigenvalue weighted by atomic mass is 10.2. The Kier molecular flexibility index (Phi) is 1.79. The van der Waals surface area contributed by atoms with E-state index < -0.39 is 0 Å². The molecule has 0 unspecified atom stereocenters. The van der Waals surface area contributed by atoms with Crippen LogP contribution < -0.4 is 0 Å². The molecule has 2 rings (SSSR count). The number of hydrogen-bond acceptors (Lipinski definition) is 1. The quantitative estimate of drug-likeness (QED) is 0.645. The SMILES string of the molecule is CCc1cc2ccc(C#N)cn2c1. The van der Waals surface area contributed by atoms with E-state index in [0.717, 1.165) is 11.9 Å². The molecule has 0 atom stereocenters. The third kappa shape index (κ3) is 1.29. The van der Waals surface area contributed by atoms with Crippen molar-refractivity contribution in [2.24, 2.45) is 0 Å². The monoisotopic (exact) mass is 170 g/mol. The van der Waals surface area contributed by atoms with E-state index in [1.165, 1.54) is 5.56 Å². The molecule has 0 aliphatic rings. The van der Waals surface area contributed by atoms with Crippen LogP contribution in [0.1, 0.15) is 18.1 Å². The molecular weight excluding hydrogens is 160 g/mol. The van der Waals surface area contributed by atoms with Gasteiger partial charge in [-0.05, 0) is 30.2 Å². The summed E-state index contributed by atoms with van der Waals surface area (Å²) in [7, 11) is 0. The maximum atomic E-state index is 8.70. The normalized spacial score (nSPS) is 10.2. The minimum atomic E-state index is 0.700. The Morgan fingerprint density at radius 3 is 2.92 bits per heavy atom. The van der Waals surface area contributed by atoms with Gasteiger partial charge in [-0.2, -0.15) is 5.26 Å². The van der Waals surface area contributed by atoms with Gasteiger partial charge in [-0.1, -0.05) is 6.92 Å². The molecule has 0 aliphatic heterocycles. The molecule has 0 spiro atoms. The van der Waals surface area contributed by atoms with Crippen LogP contribution in [0.4, 0.5) is 0 Å². The van der Waals surface area contributed by atoms with Crippen LogP contribution in [0.15, 0.2) is 30.6 Å². The van der Waals surface area contributed by atoms with E-state index >= 15 is 0 Å². The molecule has 0 N–H and O–H groups in total. The Morgan fingerprint density at radius 2 is 2.23 bits per heavy atom. The van der Waals surface area contributed by atoms with Crippen LogP contribution in [0, 0.1) is 11.3 Å². The van der Waals surface area contributed by atoms with Gasteiger partial charge in [-0.15, -0.1) is 0 Å². The van der Waals surface area contributed by atoms with Gasteiger partial charge in [0.2, 0.25) is 0 Å². The lowest BCUT2D eigenvalue weighted by Crippen LogP contribution is -1.82. The first-order valence-electron chi connectivity index (χ1n) is 4.34. The van der Waals surface area contributed by atoms with Crippen LogP contribution in [0.2, 0.25) is 0 Å². The zero-order valence-corrected chi connectivity index (χ0v) is 7.49. The van der Waals surface area contributed by atoms with E-state index in [9.17, 15) is 0 Å². The smallest absolute Gasteiger partial charge is 0.101 e. The van der Waals surface area contributed by atoms with E-state index in [0.29, 0.717) is 5.56 Å². The summed E-state index contributed by atoms with van der Waals surface area (Å²) in [6, 6.07) is 8.08. The first-order valence-corrected chi connectivity index (χ1v) is 4.34. The van der Waals surface area contributed by atoms with Gasteiger partial charge in [0.05, 0.1) is 5.56 Å². The summed E-state index contributed by atoms with van der Waals surface area (Å²) in [6.45, 7) is 2.12. The lowest BCUT2D eigenvalue weighted by molar-refractivity contribution is 1.11. The third-order valence-electron chi connectivity index (χ3n) is 2.19. The first kappa shape index (κ1) is 7.88. The van der Waals surface area contributed by atoms with Crippen molar-refractivity contribution in [1.82, 2.24) is 4.40 Å². The summed E-state index contributed by atoms with van der Waals surface area (Å²) in [4.78, 5) is 0. The summed E-state index contributed by atoms with van der Waals surface area (Å²) in [5.74, 6) is 0. The Morgan fingerprint density at radius 1 is 1.38 bits per heavy atom. The van der Waals surface area contributed by atoms with Gasteiger partial charge >= 0.3 is 0 Å². The van der Waals surface area contributed by atoms with Gasteiger partial charge in [0.25, 0.3) is 0 Å². The highest BCUT2D eigenvalue weighted by atomic mass is 14.9. The predicted octanol–water partition coefficient (Wildman–Crippen LogP) is 2.37. The van der Waals surface area contributed by atoms with Crippen LogP contribution in [0.25, 0.3) is 5.52 Å². The standard InChI is InChI=1S/C11H10N2/c1-2-9-5-11-4-3-10(6-12)8-13(11)7-9/h3-5,7-8H,2H2,1H3. The second-order valence-electron chi connectivity index (χ2n) is 3.06. The van der Waals surface area contributed by atoms with Gasteiger partial charge in [-0.3, -0.25) is 0 Å². The summed E-state index contributed by atoms with van der Waals surface area (Å²) in [5.41, 5.74) is 3.15. The molecular formula is C11H10N2. The Labute approximate surface area is 77.0 Å². The number of aromatic nitrogens is 1. The van der Waals surface area contributed by atoms with Gasteiger partial charge < -0.3 is 4.40 Å². The molecule has 2 nitrogen and oxygen atoms in total. The number of fused-ring (bicyclic) bond motifs is 1. The van der Waals surface area contributed by atoms with Crippen LogP contribution in [0.3, 0.4) is 0 Å². The molecule has 64 valence electrons. The fraction of sp³-hybridized carbons (Fsp3) is 0.182. The van der Waals surface area contributed by atoms with Crippen LogP contribution in [-0.2, 0) is 6.42 Å². The summed E-state index contributed by atoms with van der Waals surface area (Å²) < 4.78 is 2.00. The predicted molar refractivity (Wildman–Crippen MR) is 51.5 cm³/mol. The van der Waals surface area contributed by atoms with Crippen molar-refractivity contribution >= 4 is 5.52 Å². The number of rotatable bonds is 1. The molecule has 0 saturated carbocycles. The molecule has 2 heteroatoms. The fourth-order valence-electron chi connectivity index (χ4n) is 1.43. The number of hydrogen-bond donors (Lipinski definition) is 0. The van der Waals surface area contributed by atoms with Crippen molar-refractivity contribution in [2.45, 2.75) is 13.3 Å². The molecule has 2 aromatic heterocycles. The molecule has 0 bridgehead atoms. The van der Waals surface area contributed by atoms with Crippen molar-refractivity contribution in [1.29, 1.82) is 5.26 Å². The van der Waals surface area contributed by atoms with Crippen LogP contribution in [-0.4, -0.2) is 4.40 Å². The van der Waals surface area contributed by atoms with Gasteiger partial charge in [0.15, 0.2) is 0 Å². The molecule has 0 radical (unpaired) electrons. The Hall–Kier alpha value is -1.75. The zero-order chi connectivity index (χ0) is 9.26. The van der Waals surface area contributed by atoms with Crippen molar-refractivity contribution in [3.05, 3.63) is 41.7 Å². The van der Waals surface area contributed by atoms with Crippen molar-refractivity contribution < 1.29 is 0 Å². The molecule has 0 aliphatic carbocycles. The van der Waals surface area contributed by atoms with Crippen LogP contribution >= 0.6 is 0 Å². The van der Waals surface area contributed by atoms with Crippen molar-refractivity contribution in [2.75, 3.05) is 0 Å². The number of nitriles is 1. The van der Waals surface area contributed by atoms with E-state index in [-0.39, 0.29) is 0 Å². The highest BCUT2D eigenvalue weighted by Crippen LogP contribution is 2.11. The molecule has 0 fully saturated rings. The summed E-state index contributed by atoms with van der Waals surface area (Å²) >= 11 is 0. The molecule has 0 aromatic carbocycles. The number of pyridine rings is 1. The molecule has 13 heavy (non-hydrogen) atoms. The third-order valence-corrected chi connectivity index (χ3v) is 2.19. The van der Waals surface area contributed by atoms with Crippen molar-refractivity contribution in [3.8, 4) is 6.07 Å². The maximum Gasteiger partial charge on any atom is 0.101 e. The molecule has 0 saturated heterocycles. The fourth-order valence-corrected chi connectivity index (χ4v) is 1.43. The summed E-state index contributed by atoms with van der Waals surface area (Å²) in [6.07, 6.45) is 4.95. The molecule has 2 aromatic rings. The number of aryl methyl sites for hydroxylation is 1. The van der Waals surface area contributed by atoms with Gasteiger partial charge in [-0.25, -0.2) is 0 Å². The average Bonchev–Trinajstić information content (AvgIpc) is 2.58.